The average Bonchev–Trinajstić information content (AvgIpc) is 3.31. The fourth-order valence-corrected chi connectivity index (χ4v) is 3.36. The molecule has 2 aromatic carbocycles. The van der Waals surface area contributed by atoms with Gasteiger partial charge in [0.2, 0.25) is 10.0 Å². The second-order valence-electron chi connectivity index (χ2n) is 5.84. The minimum atomic E-state index is -3.76. The van der Waals surface area contributed by atoms with Crippen molar-refractivity contribution in [3.63, 3.8) is 0 Å². The number of hydrogen-bond donors (Lipinski definition) is 1. The van der Waals surface area contributed by atoms with E-state index in [1.807, 2.05) is 29.0 Å². The van der Waals surface area contributed by atoms with Gasteiger partial charge in [-0.15, -0.1) is 0 Å². The van der Waals surface area contributed by atoms with Gasteiger partial charge in [-0.1, -0.05) is 11.6 Å². The molecule has 0 fully saturated rings. The zero-order chi connectivity index (χ0) is 19.0. The van der Waals surface area contributed by atoms with Gasteiger partial charge in [-0.3, -0.25) is 4.57 Å². The van der Waals surface area contributed by atoms with Gasteiger partial charge in [0, 0.05) is 22.5 Å². The van der Waals surface area contributed by atoms with Gasteiger partial charge in [0.15, 0.2) is 5.76 Å². The molecule has 0 aliphatic heterocycles. The Morgan fingerprint density at radius 3 is 2.30 bits per heavy atom. The second kappa shape index (κ2) is 6.70. The van der Waals surface area contributed by atoms with Crippen LogP contribution in [0.1, 0.15) is 0 Å². The van der Waals surface area contributed by atoms with E-state index in [1.54, 1.807) is 36.6 Å². The van der Waals surface area contributed by atoms with Crippen molar-refractivity contribution in [3.05, 3.63) is 78.1 Å². The molecule has 0 aliphatic rings. The minimum Gasteiger partial charge on any atom is -0.463 e. The highest BCUT2D eigenvalue weighted by Gasteiger charge is 2.16. The summed E-state index contributed by atoms with van der Waals surface area (Å²) in [6, 6.07) is 17.2. The molecule has 0 atom stereocenters. The molecule has 2 heterocycles. The molecule has 4 rings (SSSR count). The molecule has 0 saturated heterocycles. The molecule has 0 amide bonds. The third-order valence-corrected chi connectivity index (χ3v) is 5.21. The molecular formula is C19H14ClN3O3S. The second-order valence-corrected chi connectivity index (χ2v) is 7.84. The van der Waals surface area contributed by atoms with Gasteiger partial charge in [-0.2, -0.15) is 0 Å². The van der Waals surface area contributed by atoms with E-state index < -0.39 is 10.0 Å². The van der Waals surface area contributed by atoms with Crippen LogP contribution in [0.3, 0.4) is 0 Å². The molecule has 2 N–H and O–H groups in total. The van der Waals surface area contributed by atoms with Crippen molar-refractivity contribution in [2.75, 3.05) is 0 Å². The van der Waals surface area contributed by atoms with Crippen LogP contribution in [0.25, 0.3) is 28.5 Å². The van der Waals surface area contributed by atoms with Crippen LogP contribution in [0.15, 0.2) is 82.4 Å². The highest BCUT2D eigenvalue weighted by Crippen LogP contribution is 2.29. The van der Waals surface area contributed by atoms with Gasteiger partial charge >= 0.3 is 0 Å². The monoisotopic (exact) mass is 399 g/mol. The molecule has 136 valence electrons. The van der Waals surface area contributed by atoms with Crippen LogP contribution in [-0.4, -0.2) is 18.0 Å². The summed E-state index contributed by atoms with van der Waals surface area (Å²) in [5.74, 6) is 1.26. The first-order valence-corrected chi connectivity index (χ1v) is 9.87. The Morgan fingerprint density at radius 2 is 1.70 bits per heavy atom. The fraction of sp³-hybridized carbons (Fsp3) is 0. The van der Waals surface area contributed by atoms with E-state index in [0.29, 0.717) is 22.3 Å². The van der Waals surface area contributed by atoms with Crippen molar-refractivity contribution in [2.45, 2.75) is 4.90 Å². The summed E-state index contributed by atoms with van der Waals surface area (Å²) >= 11 is 5.99. The molecular weight excluding hydrogens is 386 g/mol. The number of imidazole rings is 1. The number of nitrogens with zero attached hydrogens (tertiary/aromatic N) is 2. The van der Waals surface area contributed by atoms with Gasteiger partial charge in [0.25, 0.3) is 0 Å². The van der Waals surface area contributed by atoms with Crippen molar-refractivity contribution in [3.8, 4) is 28.5 Å². The topological polar surface area (TPSA) is 91.1 Å². The number of rotatable bonds is 4. The molecule has 4 aromatic rings. The van der Waals surface area contributed by atoms with Crippen molar-refractivity contribution >= 4 is 21.6 Å². The summed E-state index contributed by atoms with van der Waals surface area (Å²) < 4.78 is 30.3. The van der Waals surface area contributed by atoms with Crippen molar-refractivity contribution in [2.24, 2.45) is 5.14 Å². The number of hydrogen-bond acceptors (Lipinski definition) is 4. The van der Waals surface area contributed by atoms with E-state index in [1.165, 1.54) is 12.1 Å². The van der Waals surface area contributed by atoms with Crippen LogP contribution in [0.4, 0.5) is 0 Å². The molecule has 0 aliphatic carbocycles. The van der Waals surface area contributed by atoms with E-state index in [2.05, 4.69) is 4.98 Å². The first-order chi connectivity index (χ1) is 12.9. The zero-order valence-corrected chi connectivity index (χ0v) is 15.5. The lowest BCUT2D eigenvalue weighted by Gasteiger charge is -2.08. The highest BCUT2D eigenvalue weighted by atomic mass is 35.5. The number of aromatic nitrogens is 2. The van der Waals surface area contributed by atoms with Crippen LogP contribution in [0.5, 0.6) is 0 Å². The summed E-state index contributed by atoms with van der Waals surface area (Å²) in [6.07, 6.45) is 3.43. The normalized spacial score (nSPS) is 11.6. The Kier molecular flexibility index (Phi) is 4.35. The van der Waals surface area contributed by atoms with Crippen LogP contribution >= 0.6 is 11.6 Å². The maximum atomic E-state index is 11.5. The Bertz CT molecular complexity index is 1180. The number of sulfonamides is 1. The highest BCUT2D eigenvalue weighted by molar-refractivity contribution is 7.89. The van der Waals surface area contributed by atoms with Gasteiger partial charge in [-0.25, -0.2) is 18.5 Å². The largest absolute Gasteiger partial charge is 0.463 e. The average molecular weight is 400 g/mol. The minimum absolute atomic E-state index is 0.0436. The standard InChI is InChI=1S/C19H14ClN3O3S/c20-14-5-7-15(8-6-14)23-12-17(18-2-1-11-26-18)22-19(23)13-3-9-16(10-4-13)27(21,24)25/h1-12H,(H2,21,24,25). The number of halogens is 1. The van der Waals surface area contributed by atoms with E-state index >= 15 is 0 Å². The van der Waals surface area contributed by atoms with E-state index in [0.717, 1.165) is 11.3 Å². The molecule has 27 heavy (non-hydrogen) atoms. The summed E-state index contributed by atoms with van der Waals surface area (Å²) in [4.78, 5) is 4.71. The summed E-state index contributed by atoms with van der Waals surface area (Å²) in [6.45, 7) is 0. The summed E-state index contributed by atoms with van der Waals surface area (Å²) in [5.41, 5.74) is 2.24. The predicted molar refractivity (Wildman–Crippen MR) is 103 cm³/mol. The van der Waals surface area contributed by atoms with Gasteiger partial charge in [-0.05, 0) is 60.7 Å². The lowest BCUT2D eigenvalue weighted by atomic mass is 10.2. The summed E-state index contributed by atoms with van der Waals surface area (Å²) in [5, 5.41) is 5.80. The Morgan fingerprint density at radius 1 is 1.00 bits per heavy atom. The number of nitrogens with two attached hydrogens (primary N) is 1. The molecule has 0 saturated carbocycles. The smallest absolute Gasteiger partial charge is 0.238 e. The number of furan rings is 1. The molecule has 2 aromatic heterocycles. The fourth-order valence-electron chi connectivity index (χ4n) is 2.72. The third-order valence-electron chi connectivity index (χ3n) is 4.03. The molecule has 0 spiro atoms. The van der Waals surface area contributed by atoms with E-state index in [-0.39, 0.29) is 4.90 Å². The molecule has 6 nitrogen and oxygen atoms in total. The Balaban J connectivity index is 1.86. The van der Waals surface area contributed by atoms with Crippen LogP contribution in [0, 0.1) is 0 Å². The lowest BCUT2D eigenvalue weighted by molar-refractivity contribution is 0.580. The van der Waals surface area contributed by atoms with Crippen LogP contribution in [0.2, 0.25) is 5.02 Å². The van der Waals surface area contributed by atoms with E-state index in [9.17, 15) is 8.42 Å². The van der Waals surface area contributed by atoms with Crippen molar-refractivity contribution < 1.29 is 12.8 Å². The Labute approximate surface area is 160 Å². The van der Waals surface area contributed by atoms with Crippen LogP contribution in [-0.2, 0) is 10.0 Å². The third kappa shape index (κ3) is 3.52. The Hall–Kier alpha value is -2.87. The van der Waals surface area contributed by atoms with Crippen molar-refractivity contribution in [1.29, 1.82) is 0 Å². The van der Waals surface area contributed by atoms with Gasteiger partial charge in [0.05, 0.1) is 11.2 Å². The van der Waals surface area contributed by atoms with Crippen molar-refractivity contribution in [1.82, 2.24) is 9.55 Å². The first-order valence-electron chi connectivity index (χ1n) is 7.94. The zero-order valence-electron chi connectivity index (χ0n) is 13.9. The number of benzene rings is 2. The molecule has 0 radical (unpaired) electrons. The van der Waals surface area contributed by atoms with Crippen LogP contribution < -0.4 is 5.14 Å². The lowest BCUT2D eigenvalue weighted by Crippen LogP contribution is -2.11. The predicted octanol–water partition coefficient (Wildman–Crippen LogP) is 4.10. The molecule has 0 unspecified atom stereocenters. The molecule has 0 bridgehead atoms. The maximum Gasteiger partial charge on any atom is 0.238 e. The van der Waals surface area contributed by atoms with Gasteiger partial charge < -0.3 is 4.42 Å². The first kappa shape index (κ1) is 17.5. The SMILES string of the molecule is NS(=O)(=O)c1ccc(-c2nc(-c3ccco3)cn2-c2ccc(Cl)cc2)cc1. The summed E-state index contributed by atoms with van der Waals surface area (Å²) in [7, 11) is -3.76. The van der Waals surface area contributed by atoms with Gasteiger partial charge in [0.1, 0.15) is 11.5 Å². The molecule has 8 heteroatoms. The van der Waals surface area contributed by atoms with E-state index in [4.69, 9.17) is 21.2 Å². The quantitative estimate of drug-likeness (QED) is 0.559. The maximum absolute atomic E-state index is 11.5. The number of primary sulfonamides is 1.